The Labute approximate surface area is 401 Å². The fraction of sp³-hybridized carbons (Fsp3) is 0.281. The van der Waals surface area contributed by atoms with Gasteiger partial charge in [0.2, 0.25) is 0 Å². The maximum Gasteiger partial charge on any atom is 0.197 e. The lowest BCUT2D eigenvalue weighted by Crippen LogP contribution is -2.87. The first-order chi connectivity index (χ1) is 33.4. The molecule has 10 aromatic rings. The molecule has 2 aromatic heterocycles. The highest BCUT2D eigenvalue weighted by Crippen LogP contribution is 2.92. The average Bonchev–Trinajstić information content (AvgIpc) is 4.05. The van der Waals surface area contributed by atoms with Crippen LogP contribution in [-0.2, 0) is 10.8 Å². The number of aromatic nitrogens is 1. The number of rotatable bonds is 6. The Morgan fingerprint density at radius 2 is 1.37 bits per heavy atom. The quantitative estimate of drug-likeness (QED) is 0.165. The molecule has 0 amide bonds. The van der Waals surface area contributed by atoms with E-state index in [0.29, 0.717) is 16.2 Å². The minimum atomic E-state index is 0.365. The Morgan fingerprint density at radius 1 is 0.603 bits per heavy atom. The van der Waals surface area contributed by atoms with E-state index in [4.69, 9.17) is 0 Å². The minimum Gasteiger partial charge on any atom is -0.355 e. The molecule has 0 saturated heterocycles. The molecule has 1 N–H and O–H groups in total. The number of nitrogens with one attached hydrogen (secondary N) is 1. The van der Waals surface area contributed by atoms with Crippen molar-refractivity contribution in [1.29, 1.82) is 0 Å². The number of benzene rings is 8. The molecule has 2 nitrogen and oxygen atoms in total. The van der Waals surface area contributed by atoms with Crippen LogP contribution in [0, 0.1) is 47.8 Å². The van der Waals surface area contributed by atoms with Crippen LogP contribution < -0.4 is 16.2 Å². The molecular weight excluding hydrogens is 840 g/mol. The molecule has 8 aliphatic rings. The number of aryl methyl sites for hydroxylation is 1. The summed E-state index contributed by atoms with van der Waals surface area (Å²) in [7, 11) is 2.62. The normalized spacial score (nSPS) is 30.2. The van der Waals surface area contributed by atoms with Crippen LogP contribution >= 0.6 is 11.3 Å². The van der Waals surface area contributed by atoms with Crippen LogP contribution in [0.4, 0.5) is 11.4 Å². The van der Waals surface area contributed by atoms with Gasteiger partial charge in [-0.1, -0.05) is 90.4 Å². The predicted octanol–water partition coefficient (Wildman–Crippen LogP) is 15.0. The van der Waals surface area contributed by atoms with Crippen LogP contribution in [0.25, 0.3) is 80.7 Å². The molecule has 68 heavy (non-hydrogen) atoms. The number of hydrogen-bond donors (Lipinski definition) is 1. The first kappa shape index (κ1) is 36.9. The van der Waals surface area contributed by atoms with Crippen molar-refractivity contribution in [2.45, 2.75) is 69.1 Å². The first-order valence-electron chi connectivity index (χ1n) is 25.9. The molecule has 18 rings (SSSR count). The molecule has 1 spiro atoms. The van der Waals surface area contributed by atoms with E-state index in [1.165, 1.54) is 149 Å². The minimum absolute atomic E-state index is 0.365. The van der Waals surface area contributed by atoms with E-state index in [-0.39, 0.29) is 0 Å². The topological polar surface area (TPSA) is 17.0 Å². The standard InChI is InChI=1S/C64H50BN2S/c1-34-17-51(47-29-59-50(49-21-38-9-5-6-10-39(38)22-58(49)68-59)28-55(47)66-46-14-11-37(12-15-46)36-7-3-2-4-8-36)60-57(18-34)67-56-16-13-41(63-32-44-23-43-24-45(33-63)64(43,44)63)25-48(56)52-26-42(27-54(65-60)61(52)67)62-30-35-19-40(31-62)53(62)20-35/h2-18,21-22,25-29,35,40,43-45,53,66H,19-20,23-24,30-33H2,1H3. The summed E-state index contributed by atoms with van der Waals surface area (Å²) in [4.78, 5) is 0. The molecule has 8 aromatic carbocycles. The summed E-state index contributed by atoms with van der Waals surface area (Å²) >= 11 is 1.93. The Kier molecular flexibility index (Phi) is 6.61. The van der Waals surface area contributed by atoms with Crippen molar-refractivity contribution in [2.75, 3.05) is 5.32 Å². The second-order valence-corrected chi connectivity index (χ2v) is 24.5. The van der Waals surface area contributed by atoms with Gasteiger partial charge >= 0.3 is 0 Å². The molecule has 325 valence electrons. The van der Waals surface area contributed by atoms with Gasteiger partial charge in [0.05, 0.1) is 5.52 Å². The van der Waals surface area contributed by atoms with Crippen LogP contribution in [0.3, 0.4) is 0 Å². The third-order valence-corrected chi connectivity index (χ3v) is 22.0. The summed E-state index contributed by atoms with van der Waals surface area (Å²) in [5.74, 6) is 5.76. The Hall–Kier alpha value is -6.10. The Bertz CT molecular complexity index is 3920. The van der Waals surface area contributed by atoms with E-state index < -0.39 is 0 Å². The molecule has 7 saturated carbocycles. The van der Waals surface area contributed by atoms with E-state index >= 15 is 0 Å². The van der Waals surface area contributed by atoms with Gasteiger partial charge in [-0.3, -0.25) is 0 Å². The maximum absolute atomic E-state index is 4.04. The molecule has 3 heterocycles. The van der Waals surface area contributed by atoms with Crippen molar-refractivity contribution < 1.29 is 0 Å². The van der Waals surface area contributed by atoms with Crippen molar-refractivity contribution in [3.8, 4) is 27.9 Å². The van der Waals surface area contributed by atoms with Gasteiger partial charge in [0.1, 0.15) is 0 Å². The average molecular weight is 890 g/mol. The summed E-state index contributed by atoms with van der Waals surface area (Å²) in [5.41, 5.74) is 20.2. The lowest BCUT2D eigenvalue weighted by Gasteiger charge is -2.91. The van der Waals surface area contributed by atoms with E-state index in [1.807, 2.05) is 11.3 Å². The zero-order chi connectivity index (χ0) is 44.0. The molecule has 6 unspecified atom stereocenters. The fourth-order valence-electron chi connectivity index (χ4n) is 18.4. The summed E-state index contributed by atoms with van der Waals surface area (Å²) in [5, 5.41) is 12.3. The van der Waals surface area contributed by atoms with Crippen molar-refractivity contribution in [2.24, 2.45) is 40.9 Å². The van der Waals surface area contributed by atoms with Gasteiger partial charge < -0.3 is 9.88 Å². The van der Waals surface area contributed by atoms with Crippen LogP contribution in [0.1, 0.15) is 68.1 Å². The molecule has 1 aliphatic heterocycles. The smallest absolute Gasteiger partial charge is 0.197 e. The number of anilines is 2. The number of fused-ring (bicyclic) bond motifs is 10. The highest BCUT2D eigenvalue weighted by Gasteiger charge is 2.87. The second-order valence-electron chi connectivity index (χ2n) is 23.4. The van der Waals surface area contributed by atoms with Crippen LogP contribution in [-0.4, -0.2) is 11.8 Å². The van der Waals surface area contributed by atoms with Gasteiger partial charge in [-0.2, -0.15) is 0 Å². The zero-order valence-electron chi connectivity index (χ0n) is 38.4. The molecule has 7 fully saturated rings. The monoisotopic (exact) mass is 889 g/mol. The van der Waals surface area contributed by atoms with Gasteiger partial charge in [0, 0.05) is 64.5 Å². The number of hydrogen-bond acceptors (Lipinski definition) is 2. The summed E-state index contributed by atoms with van der Waals surface area (Å²) in [6.07, 6.45) is 11.6. The Balaban J connectivity index is 0.855. The highest BCUT2D eigenvalue weighted by atomic mass is 32.1. The lowest BCUT2D eigenvalue weighted by atomic mass is 9.12. The van der Waals surface area contributed by atoms with E-state index in [1.54, 1.807) is 11.1 Å². The van der Waals surface area contributed by atoms with Crippen LogP contribution in [0.15, 0.2) is 146 Å². The van der Waals surface area contributed by atoms with Crippen molar-refractivity contribution >= 4 is 93.7 Å². The molecule has 7 aliphatic carbocycles. The molecule has 1 radical (unpaired) electrons. The van der Waals surface area contributed by atoms with Crippen LogP contribution in [0.5, 0.6) is 0 Å². The number of nitrogens with zero attached hydrogens (tertiary/aromatic N) is 1. The molecule has 4 heteroatoms. The largest absolute Gasteiger partial charge is 0.355 e. The zero-order valence-corrected chi connectivity index (χ0v) is 39.2. The summed E-state index contributed by atoms with van der Waals surface area (Å²) in [6, 6.07) is 56.7. The number of thiophene rings is 1. The lowest BCUT2D eigenvalue weighted by molar-refractivity contribution is -0.395. The highest BCUT2D eigenvalue weighted by molar-refractivity contribution is 7.26. The van der Waals surface area contributed by atoms with Gasteiger partial charge in [-0.25, -0.2) is 0 Å². The molecule has 2 bridgehead atoms. The maximum atomic E-state index is 4.04. The van der Waals surface area contributed by atoms with E-state index in [9.17, 15) is 0 Å². The van der Waals surface area contributed by atoms with Gasteiger partial charge in [-0.15, -0.1) is 11.3 Å². The fourth-order valence-corrected chi connectivity index (χ4v) is 19.5. The van der Waals surface area contributed by atoms with E-state index in [0.717, 1.165) is 46.9 Å². The second kappa shape index (κ2) is 12.2. The third kappa shape index (κ3) is 4.26. The van der Waals surface area contributed by atoms with Crippen molar-refractivity contribution in [3.05, 3.63) is 162 Å². The summed E-state index contributed by atoms with van der Waals surface area (Å²) in [6.45, 7) is 2.32. The van der Waals surface area contributed by atoms with Gasteiger partial charge in [0.15, 0.2) is 7.28 Å². The summed E-state index contributed by atoms with van der Waals surface area (Å²) < 4.78 is 5.38. The van der Waals surface area contributed by atoms with E-state index in [2.05, 4.69) is 170 Å². The predicted molar refractivity (Wildman–Crippen MR) is 285 cm³/mol. The van der Waals surface area contributed by atoms with Crippen molar-refractivity contribution in [3.63, 3.8) is 0 Å². The van der Waals surface area contributed by atoms with Crippen LogP contribution in [0.2, 0.25) is 0 Å². The Morgan fingerprint density at radius 3 is 2.15 bits per heavy atom. The third-order valence-electron chi connectivity index (χ3n) is 20.9. The SMILES string of the molecule is Cc1cc(-c2cc3sc4cc5ccccc5cc4c3cc2Nc2ccc(-c3ccccc3)cc2)c2c(c1)-n1c3ccc(C45CC6CC7CC(C4)C765)cc3c3cc(C45CC6CC(C4)C5C6)cc(c31)[B]2. The first-order valence-corrected chi connectivity index (χ1v) is 26.7. The van der Waals surface area contributed by atoms with Crippen molar-refractivity contribution in [1.82, 2.24) is 4.57 Å². The molecule has 6 atom stereocenters. The molecular formula is C64H50BN2S. The van der Waals surface area contributed by atoms with Gasteiger partial charge in [-0.05, 0) is 215 Å². The van der Waals surface area contributed by atoms with Gasteiger partial charge in [0.25, 0.3) is 0 Å².